The minimum absolute atomic E-state index is 0.00784. The smallest absolute Gasteiger partial charge is 0.303 e. The van der Waals surface area contributed by atoms with Crippen LogP contribution in [0.5, 0.6) is 0 Å². The van der Waals surface area contributed by atoms with E-state index in [4.69, 9.17) is 5.11 Å². The third-order valence-corrected chi connectivity index (χ3v) is 3.26. The first-order chi connectivity index (χ1) is 9.45. The molecule has 0 radical (unpaired) electrons. The number of aliphatic carboxylic acids is 1. The number of nitrogens with one attached hydrogen (secondary N) is 1. The fraction of sp³-hybridized carbons (Fsp3) is 0.462. The molecule has 1 aromatic heterocycles. The van der Waals surface area contributed by atoms with Gasteiger partial charge in [0.25, 0.3) is 5.56 Å². The van der Waals surface area contributed by atoms with Gasteiger partial charge in [0.15, 0.2) is 0 Å². The number of carboxylic acid groups (broad SMARTS) is 1. The number of hydrogen-bond acceptors (Lipinski definition) is 3. The van der Waals surface area contributed by atoms with Crippen LogP contribution in [0.4, 0.5) is 0 Å². The molecule has 1 aromatic rings. The molecule has 0 spiro atoms. The van der Waals surface area contributed by atoms with E-state index in [1.807, 2.05) is 6.92 Å². The first-order valence-corrected chi connectivity index (χ1v) is 7.12. The van der Waals surface area contributed by atoms with Crippen molar-refractivity contribution in [2.24, 2.45) is 0 Å². The van der Waals surface area contributed by atoms with E-state index in [1.165, 1.54) is 10.6 Å². The van der Waals surface area contributed by atoms with Crippen LogP contribution in [0.25, 0.3) is 0 Å². The lowest BCUT2D eigenvalue weighted by Crippen LogP contribution is -2.37. The molecule has 1 unspecified atom stereocenters. The lowest BCUT2D eigenvalue weighted by Gasteiger charge is -2.18. The van der Waals surface area contributed by atoms with Gasteiger partial charge >= 0.3 is 5.97 Å². The van der Waals surface area contributed by atoms with Crippen LogP contribution < -0.4 is 10.9 Å². The van der Waals surface area contributed by atoms with Gasteiger partial charge in [-0.1, -0.05) is 6.92 Å². The molecule has 0 aromatic carbocycles. The van der Waals surface area contributed by atoms with Crippen molar-refractivity contribution in [2.75, 3.05) is 6.54 Å². The van der Waals surface area contributed by atoms with Crippen LogP contribution in [0.15, 0.2) is 27.6 Å². The number of hydrogen-bond donors (Lipinski definition) is 2. The summed E-state index contributed by atoms with van der Waals surface area (Å²) in [4.78, 5) is 34.2. The fourth-order valence-corrected chi connectivity index (χ4v) is 2.15. The van der Waals surface area contributed by atoms with Crippen LogP contribution in [0.2, 0.25) is 0 Å². The Balaban J connectivity index is 2.70. The van der Waals surface area contributed by atoms with E-state index in [2.05, 4.69) is 21.2 Å². The lowest BCUT2D eigenvalue weighted by molar-refractivity contribution is -0.137. The standard InChI is InChI=1S/C13H17BrN2O4/c1-2-10(13(20)15-7-3-4-12(18)19)16-8-9(14)5-6-11(16)17/h5-6,8,10H,2-4,7H2,1H3,(H,15,20)(H,18,19). The normalized spacial score (nSPS) is 11.9. The molecular weight excluding hydrogens is 328 g/mol. The Morgan fingerprint density at radius 2 is 2.15 bits per heavy atom. The van der Waals surface area contributed by atoms with Crippen LogP contribution in [0, 0.1) is 0 Å². The summed E-state index contributed by atoms with van der Waals surface area (Å²) in [7, 11) is 0. The van der Waals surface area contributed by atoms with Gasteiger partial charge in [0.1, 0.15) is 6.04 Å². The third-order valence-electron chi connectivity index (χ3n) is 2.79. The minimum Gasteiger partial charge on any atom is -0.481 e. The predicted molar refractivity (Wildman–Crippen MR) is 77.6 cm³/mol. The molecule has 1 atom stereocenters. The van der Waals surface area contributed by atoms with E-state index in [9.17, 15) is 14.4 Å². The Hall–Kier alpha value is -1.63. The van der Waals surface area contributed by atoms with Gasteiger partial charge in [-0.05, 0) is 34.8 Å². The van der Waals surface area contributed by atoms with E-state index in [0.717, 1.165) is 0 Å². The quantitative estimate of drug-likeness (QED) is 0.734. The summed E-state index contributed by atoms with van der Waals surface area (Å²) in [6.07, 6.45) is 2.42. The van der Waals surface area contributed by atoms with Crippen molar-refractivity contribution >= 4 is 27.8 Å². The number of rotatable bonds is 7. The van der Waals surface area contributed by atoms with Crippen LogP contribution in [-0.4, -0.2) is 28.1 Å². The van der Waals surface area contributed by atoms with E-state index in [-0.39, 0.29) is 24.4 Å². The highest BCUT2D eigenvalue weighted by molar-refractivity contribution is 9.10. The Labute approximate surface area is 124 Å². The van der Waals surface area contributed by atoms with Crippen molar-refractivity contribution < 1.29 is 14.7 Å². The molecule has 0 fully saturated rings. The van der Waals surface area contributed by atoms with Crippen LogP contribution in [0.1, 0.15) is 32.2 Å². The van der Waals surface area contributed by atoms with E-state index in [0.29, 0.717) is 17.3 Å². The highest BCUT2D eigenvalue weighted by Crippen LogP contribution is 2.13. The first-order valence-electron chi connectivity index (χ1n) is 6.33. The Kier molecular flexibility index (Phi) is 6.44. The summed E-state index contributed by atoms with van der Waals surface area (Å²) in [5, 5.41) is 11.2. The van der Waals surface area contributed by atoms with Gasteiger partial charge in [-0.15, -0.1) is 0 Å². The van der Waals surface area contributed by atoms with Gasteiger partial charge in [-0.3, -0.25) is 14.4 Å². The molecule has 6 nitrogen and oxygen atoms in total. The van der Waals surface area contributed by atoms with Gasteiger partial charge in [0.05, 0.1) is 0 Å². The molecule has 0 saturated carbocycles. The lowest BCUT2D eigenvalue weighted by atomic mass is 10.2. The third kappa shape index (κ3) is 4.80. The zero-order valence-electron chi connectivity index (χ0n) is 11.1. The van der Waals surface area contributed by atoms with Crippen molar-refractivity contribution in [1.29, 1.82) is 0 Å². The summed E-state index contributed by atoms with van der Waals surface area (Å²) in [5.41, 5.74) is -0.249. The summed E-state index contributed by atoms with van der Waals surface area (Å²) < 4.78 is 2.09. The SMILES string of the molecule is CCC(C(=O)NCCCC(=O)O)n1cc(Br)ccc1=O. The second-order valence-corrected chi connectivity index (χ2v) is 5.22. The van der Waals surface area contributed by atoms with Gasteiger partial charge in [0.2, 0.25) is 5.91 Å². The Morgan fingerprint density at radius 1 is 1.45 bits per heavy atom. The van der Waals surface area contributed by atoms with Crippen LogP contribution in [-0.2, 0) is 9.59 Å². The molecular formula is C13H17BrN2O4. The highest BCUT2D eigenvalue weighted by Gasteiger charge is 2.19. The molecule has 0 aliphatic heterocycles. The molecule has 0 aliphatic carbocycles. The van der Waals surface area contributed by atoms with Gasteiger partial charge in [-0.2, -0.15) is 0 Å². The maximum atomic E-state index is 12.0. The number of nitrogens with zero attached hydrogens (tertiary/aromatic N) is 1. The molecule has 1 rings (SSSR count). The van der Waals surface area contributed by atoms with Gasteiger partial charge in [-0.25, -0.2) is 0 Å². The fourth-order valence-electron chi connectivity index (χ4n) is 1.80. The summed E-state index contributed by atoms with van der Waals surface area (Å²) >= 11 is 3.27. The number of halogens is 1. The molecule has 0 aliphatic rings. The summed E-state index contributed by atoms with van der Waals surface area (Å²) in [6.45, 7) is 2.10. The van der Waals surface area contributed by atoms with Crippen molar-refractivity contribution in [2.45, 2.75) is 32.2 Å². The maximum absolute atomic E-state index is 12.0. The van der Waals surface area contributed by atoms with E-state index < -0.39 is 12.0 Å². The van der Waals surface area contributed by atoms with Gasteiger partial charge < -0.3 is 15.0 Å². The van der Waals surface area contributed by atoms with E-state index >= 15 is 0 Å². The number of carbonyl (C=O) groups excluding carboxylic acids is 1. The average molecular weight is 345 g/mol. The van der Waals surface area contributed by atoms with Crippen molar-refractivity contribution in [3.05, 3.63) is 33.2 Å². The first kappa shape index (κ1) is 16.4. The average Bonchev–Trinajstić information content (AvgIpc) is 2.39. The van der Waals surface area contributed by atoms with Crippen molar-refractivity contribution in [3.8, 4) is 0 Å². The molecule has 1 heterocycles. The topological polar surface area (TPSA) is 88.4 Å². The van der Waals surface area contributed by atoms with Crippen molar-refractivity contribution in [1.82, 2.24) is 9.88 Å². The zero-order valence-corrected chi connectivity index (χ0v) is 12.7. The largest absolute Gasteiger partial charge is 0.481 e. The molecule has 7 heteroatoms. The number of carbonyl (C=O) groups is 2. The maximum Gasteiger partial charge on any atom is 0.303 e. The molecule has 1 amide bonds. The molecule has 20 heavy (non-hydrogen) atoms. The van der Waals surface area contributed by atoms with Crippen LogP contribution >= 0.6 is 15.9 Å². The van der Waals surface area contributed by atoms with E-state index in [1.54, 1.807) is 12.3 Å². The summed E-state index contributed by atoms with van der Waals surface area (Å²) in [6, 6.07) is 2.42. The van der Waals surface area contributed by atoms with Gasteiger partial charge in [0, 0.05) is 29.7 Å². The molecule has 110 valence electrons. The minimum atomic E-state index is -0.894. The Bertz CT molecular complexity index is 541. The highest BCUT2D eigenvalue weighted by atomic mass is 79.9. The number of carboxylic acids is 1. The predicted octanol–water partition coefficient (Wildman–Crippen LogP) is 1.54. The number of pyridine rings is 1. The van der Waals surface area contributed by atoms with Crippen LogP contribution in [0.3, 0.4) is 0 Å². The second kappa shape index (κ2) is 7.84. The second-order valence-electron chi connectivity index (χ2n) is 4.31. The Morgan fingerprint density at radius 3 is 2.75 bits per heavy atom. The van der Waals surface area contributed by atoms with Crippen molar-refractivity contribution in [3.63, 3.8) is 0 Å². The number of amides is 1. The summed E-state index contributed by atoms with van der Waals surface area (Å²) in [5.74, 6) is -1.17. The molecule has 0 bridgehead atoms. The molecule has 0 saturated heterocycles. The number of aromatic nitrogens is 1. The zero-order chi connectivity index (χ0) is 15.1. The molecule has 2 N–H and O–H groups in total. The monoisotopic (exact) mass is 344 g/mol.